The second kappa shape index (κ2) is 6.13. The zero-order chi connectivity index (χ0) is 13.7. The molecule has 0 aliphatic carbocycles. The highest BCUT2D eigenvalue weighted by atomic mass is 19.1. The van der Waals surface area contributed by atoms with Crippen molar-refractivity contribution in [1.29, 1.82) is 0 Å². The Balaban J connectivity index is 2.11. The van der Waals surface area contributed by atoms with Crippen LogP contribution in [0.5, 0.6) is 0 Å². The van der Waals surface area contributed by atoms with Crippen LogP contribution in [-0.2, 0) is 13.0 Å². The van der Waals surface area contributed by atoms with Crippen molar-refractivity contribution in [3.05, 3.63) is 57.8 Å². The fourth-order valence-electron chi connectivity index (χ4n) is 1.80. The second-order valence-corrected chi connectivity index (χ2v) is 4.28. The minimum Gasteiger partial charge on any atom is -0.352 e. The van der Waals surface area contributed by atoms with E-state index >= 15 is 0 Å². The maximum atomic E-state index is 13.4. The zero-order valence-electron chi connectivity index (χ0n) is 10.7. The third-order valence-corrected chi connectivity index (χ3v) is 2.70. The van der Waals surface area contributed by atoms with Crippen LogP contribution in [0, 0.1) is 5.82 Å². The van der Waals surface area contributed by atoms with Gasteiger partial charge in [-0.3, -0.25) is 9.78 Å². The molecule has 0 amide bonds. The lowest BCUT2D eigenvalue weighted by atomic mass is 10.2. The van der Waals surface area contributed by atoms with E-state index in [1.807, 2.05) is 6.92 Å². The van der Waals surface area contributed by atoms with Crippen molar-refractivity contribution in [1.82, 2.24) is 9.97 Å². The van der Waals surface area contributed by atoms with Crippen LogP contribution in [0.4, 0.5) is 10.3 Å². The minimum atomic E-state index is -0.276. The molecule has 0 saturated carbocycles. The van der Waals surface area contributed by atoms with Gasteiger partial charge in [0.25, 0.3) is 5.56 Å². The third kappa shape index (κ3) is 3.64. The first-order chi connectivity index (χ1) is 9.19. The number of benzene rings is 1. The van der Waals surface area contributed by atoms with Crippen LogP contribution < -0.4 is 10.9 Å². The molecule has 0 bridgehead atoms. The highest BCUT2D eigenvalue weighted by Crippen LogP contribution is 2.08. The van der Waals surface area contributed by atoms with Crippen molar-refractivity contribution >= 4 is 5.95 Å². The Morgan fingerprint density at radius 1 is 1.37 bits per heavy atom. The number of hydrogen-bond donors (Lipinski definition) is 2. The predicted molar refractivity (Wildman–Crippen MR) is 72.6 cm³/mol. The molecule has 2 aromatic rings. The Morgan fingerprint density at radius 2 is 2.16 bits per heavy atom. The smallest absolute Gasteiger partial charge is 0.252 e. The Hall–Kier alpha value is -2.17. The molecule has 0 unspecified atom stereocenters. The van der Waals surface area contributed by atoms with E-state index in [1.54, 1.807) is 18.2 Å². The van der Waals surface area contributed by atoms with E-state index in [-0.39, 0.29) is 17.9 Å². The van der Waals surface area contributed by atoms with Gasteiger partial charge in [0, 0.05) is 23.9 Å². The minimum absolute atomic E-state index is 0.200. The van der Waals surface area contributed by atoms with E-state index in [9.17, 15) is 9.18 Å². The van der Waals surface area contributed by atoms with Gasteiger partial charge in [-0.25, -0.2) is 9.37 Å². The van der Waals surface area contributed by atoms with Crippen molar-refractivity contribution in [3.63, 3.8) is 0 Å². The molecule has 100 valence electrons. The molecule has 5 heteroatoms. The van der Waals surface area contributed by atoms with Gasteiger partial charge in [0.05, 0.1) is 0 Å². The predicted octanol–water partition coefficient (Wildman–Crippen LogP) is 2.47. The van der Waals surface area contributed by atoms with Crippen LogP contribution in [0.2, 0.25) is 0 Å². The van der Waals surface area contributed by atoms with Crippen molar-refractivity contribution in [3.8, 4) is 0 Å². The summed E-state index contributed by atoms with van der Waals surface area (Å²) in [4.78, 5) is 18.3. The molecule has 0 aliphatic heterocycles. The first-order valence-electron chi connectivity index (χ1n) is 6.26. The van der Waals surface area contributed by atoms with Gasteiger partial charge in [0.2, 0.25) is 5.95 Å². The lowest BCUT2D eigenvalue weighted by Gasteiger charge is -2.07. The SMILES string of the molecule is CCCc1cc(=O)[nH]c(NCc2ccccc2F)n1. The highest BCUT2D eigenvalue weighted by Gasteiger charge is 2.03. The number of nitrogens with zero attached hydrogens (tertiary/aromatic N) is 1. The number of aromatic amines is 1. The Bertz CT molecular complexity index is 610. The van der Waals surface area contributed by atoms with Gasteiger partial charge in [0.15, 0.2) is 0 Å². The third-order valence-electron chi connectivity index (χ3n) is 2.70. The molecule has 1 aromatic heterocycles. The van der Waals surface area contributed by atoms with Crippen molar-refractivity contribution < 1.29 is 4.39 Å². The van der Waals surface area contributed by atoms with Crippen molar-refractivity contribution in [2.45, 2.75) is 26.3 Å². The molecule has 0 fully saturated rings. The Kier molecular flexibility index (Phi) is 4.28. The van der Waals surface area contributed by atoms with Crippen LogP contribution in [0.3, 0.4) is 0 Å². The van der Waals surface area contributed by atoms with Gasteiger partial charge in [-0.2, -0.15) is 0 Å². The summed E-state index contributed by atoms with van der Waals surface area (Å²) < 4.78 is 13.4. The summed E-state index contributed by atoms with van der Waals surface area (Å²) in [6.45, 7) is 2.31. The molecular formula is C14H16FN3O. The Morgan fingerprint density at radius 3 is 2.89 bits per heavy atom. The number of rotatable bonds is 5. The summed E-state index contributed by atoms with van der Waals surface area (Å²) in [7, 11) is 0. The Labute approximate surface area is 110 Å². The van der Waals surface area contributed by atoms with Crippen molar-refractivity contribution in [2.24, 2.45) is 0 Å². The second-order valence-electron chi connectivity index (χ2n) is 4.28. The molecule has 1 aromatic carbocycles. The van der Waals surface area contributed by atoms with Crippen LogP contribution >= 0.6 is 0 Å². The molecule has 0 spiro atoms. The van der Waals surface area contributed by atoms with E-state index in [2.05, 4.69) is 15.3 Å². The van der Waals surface area contributed by atoms with Crippen molar-refractivity contribution in [2.75, 3.05) is 5.32 Å². The zero-order valence-corrected chi connectivity index (χ0v) is 10.7. The summed E-state index contributed by atoms with van der Waals surface area (Å²) in [5.74, 6) is 0.0984. The molecule has 1 heterocycles. The largest absolute Gasteiger partial charge is 0.352 e. The van der Waals surface area contributed by atoms with E-state index < -0.39 is 0 Å². The highest BCUT2D eigenvalue weighted by molar-refractivity contribution is 5.28. The van der Waals surface area contributed by atoms with Gasteiger partial charge in [-0.15, -0.1) is 0 Å². The summed E-state index contributed by atoms with van der Waals surface area (Å²) in [6, 6.07) is 7.99. The summed E-state index contributed by atoms with van der Waals surface area (Å²) in [6.07, 6.45) is 1.67. The standard InChI is InChI=1S/C14H16FN3O/c1-2-5-11-8-13(19)18-14(17-11)16-9-10-6-3-4-7-12(10)15/h3-4,6-8H,2,5,9H2,1H3,(H2,16,17,18,19). The van der Waals surface area contributed by atoms with Crippen LogP contribution in [-0.4, -0.2) is 9.97 Å². The van der Waals surface area contributed by atoms with Gasteiger partial charge < -0.3 is 5.32 Å². The first kappa shape index (κ1) is 13.3. The van der Waals surface area contributed by atoms with E-state index in [0.29, 0.717) is 11.5 Å². The van der Waals surface area contributed by atoms with Crippen LogP contribution in [0.1, 0.15) is 24.6 Å². The summed E-state index contributed by atoms with van der Waals surface area (Å²) >= 11 is 0. The topological polar surface area (TPSA) is 57.8 Å². The molecule has 2 N–H and O–H groups in total. The number of H-pyrrole nitrogens is 1. The van der Waals surface area contributed by atoms with E-state index in [4.69, 9.17) is 0 Å². The number of nitrogens with one attached hydrogen (secondary N) is 2. The molecule has 19 heavy (non-hydrogen) atoms. The fourth-order valence-corrected chi connectivity index (χ4v) is 1.80. The lowest BCUT2D eigenvalue weighted by molar-refractivity contribution is 0.612. The molecule has 4 nitrogen and oxygen atoms in total. The quantitative estimate of drug-likeness (QED) is 0.869. The fraction of sp³-hybridized carbons (Fsp3) is 0.286. The maximum Gasteiger partial charge on any atom is 0.252 e. The first-order valence-corrected chi connectivity index (χ1v) is 6.26. The molecule has 0 atom stereocenters. The van der Waals surface area contributed by atoms with E-state index in [0.717, 1.165) is 18.5 Å². The average Bonchev–Trinajstić information content (AvgIpc) is 2.37. The van der Waals surface area contributed by atoms with E-state index in [1.165, 1.54) is 12.1 Å². The lowest BCUT2D eigenvalue weighted by Crippen LogP contribution is -2.14. The molecular weight excluding hydrogens is 245 g/mol. The van der Waals surface area contributed by atoms with Crippen LogP contribution in [0.15, 0.2) is 35.1 Å². The maximum absolute atomic E-state index is 13.4. The van der Waals surface area contributed by atoms with Gasteiger partial charge in [-0.1, -0.05) is 31.5 Å². The van der Waals surface area contributed by atoms with Gasteiger partial charge in [-0.05, 0) is 12.5 Å². The number of aromatic nitrogens is 2. The molecule has 0 saturated heterocycles. The molecule has 2 rings (SSSR count). The van der Waals surface area contributed by atoms with Crippen LogP contribution in [0.25, 0.3) is 0 Å². The monoisotopic (exact) mass is 261 g/mol. The summed E-state index contributed by atoms with van der Waals surface area (Å²) in [5, 5.41) is 2.93. The van der Waals surface area contributed by atoms with Gasteiger partial charge in [0.1, 0.15) is 5.82 Å². The number of hydrogen-bond acceptors (Lipinski definition) is 3. The number of aryl methyl sites for hydroxylation is 1. The normalized spacial score (nSPS) is 10.4. The number of halogens is 1. The molecule has 0 aliphatic rings. The summed E-state index contributed by atoms with van der Waals surface area (Å²) in [5.41, 5.74) is 1.07. The van der Waals surface area contributed by atoms with Gasteiger partial charge >= 0.3 is 0 Å². The average molecular weight is 261 g/mol. The number of anilines is 1. The molecule has 0 radical (unpaired) electrons.